The summed E-state index contributed by atoms with van der Waals surface area (Å²) >= 11 is 1.30. The first-order valence-corrected chi connectivity index (χ1v) is 9.72. The van der Waals surface area contributed by atoms with Gasteiger partial charge in [-0.1, -0.05) is 26.7 Å². The third kappa shape index (κ3) is 4.55. The van der Waals surface area contributed by atoms with Crippen LogP contribution in [0.5, 0.6) is 0 Å². The maximum Gasteiger partial charge on any atom is 0.250 e. The highest BCUT2D eigenvalue weighted by atomic mass is 32.2. The topological polar surface area (TPSA) is 58.2 Å². The normalized spacial score (nSPS) is 15.9. The third-order valence-corrected chi connectivity index (χ3v) is 6.70. The molecule has 0 atom stereocenters. The van der Waals surface area contributed by atoms with Gasteiger partial charge in [-0.15, -0.1) is 11.3 Å². The van der Waals surface area contributed by atoms with Gasteiger partial charge in [0, 0.05) is 19.1 Å². The van der Waals surface area contributed by atoms with E-state index in [-0.39, 0.29) is 0 Å². The first-order chi connectivity index (χ1) is 9.55. The lowest BCUT2D eigenvalue weighted by Gasteiger charge is -2.12. The molecule has 0 aromatic carbocycles. The molecule has 1 saturated carbocycles. The van der Waals surface area contributed by atoms with Gasteiger partial charge in [0.2, 0.25) is 10.0 Å². The monoisotopic (exact) mass is 316 g/mol. The van der Waals surface area contributed by atoms with E-state index < -0.39 is 10.0 Å². The summed E-state index contributed by atoms with van der Waals surface area (Å²) in [5, 5.41) is 5.33. The van der Waals surface area contributed by atoms with Crippen LogP contribution < -0.4 is 10.0 Å². The van der Waals surface area contributed by atoms with Crippen molar-refractivity contribution in [1.29, 1.82) is 0 Å². The molecule has 1 aliphatic carbocycles. The van der Waals surface area contributed by atoms with Crippen LogP contribution in [-0.4, -0.2) is 21.0 Å². The van der Waals surface area contributed by atoms with Crippen molar-refractivity contribution in [3.05, 3.63) is 17.0 Å². The van der Waals surface area contributed by atoms with Gasteiger partial charge in [0.25, 0.3) is 0 Å². The number of hydrogen-bond acceptors (Lipinski definition) is 4. The molecule has 1 fully saturated rings. The summed E-state index contributed by atoms with van der Waals surface area (Å²) in [4.78, 5) is 0. The highest BCUT2D eigenvalue weighted by Crippen LogP contribution is 2.23. The molecule has 4 nitrogen and oxygen atoms in total. The quantitative estimate of drug-likeness (QED) is 0.736. The second-order valence-electron chi connectivity index (χ2n) is 5.46. The van der Waals surface area contributed by atoms with Gasteiger partial charge in [0.15, 0.2) is 0 Å². The number of sulfonamides is 1. The first kappa shape index (κ1) is 15.9. The molecule has 0 saturated heterocycles. The van der Waals surface area contributed by atoms with Gasteiger partial charge in [-0.25, -0.2) is 13.1 Å². The largest absolute Gasteiger partial charge is 0.310 e. The van der Waals surface area contributed by atoms with Crippen molar-refractivity contribution < 1.29 is 8.42 Å². The highest BCUT2D eigenvalue weighted by Gasteiger charge is 2.21. The van der Waals surface area contributed by atoms with Crippen LogP contribution in [0.25, 0.3) is 0 Å². The highest BCUT2D eigenvalue weighted by molar-refractivity contribution is 7.91. The molecule has 0 unspecified atom stereocenters. The Bertz CT molecular complexity index is 517. The lowest BCUT2D eigenvalue weighted by atomic mass is 10.0. The fourth-order valence-electron chi connectivity index (χ4n) is 2.01. The van der Waals surface area contributed by atoms with Crippen LogP contribution in [0.15, 0.2) is 15.7 Å². The molecule has 0 radical (unpaired) electrons. The van der Waals surface area contributed by atoms with E-state index in [1.807, 2.05) is 5.38 Å². The fraction of sp³-hybridized carbons (Fsp3) is 0.714. The van der Waals surface area contributed by atoms with E-state index in [1.54, 1.807) is 6.07 Å². The predicted molar refractivity (Wildman–Crippen MR) is 83.4 cm³/mol. The summed E-state index contributed by atoms with van der Waals surface area (Å²) in [6.07, 6.45) is 4.48. The van der Waals surface area contributed by atoms with Gasteiger partial charge in [0.05, 0.1) is 0 Å². The summed E-state index contributed by atoms with van der Waals surface area (Å²) in [6.45, 7) is 5.48. The van der Waals surface area contributed by atoms with Crippen molar-refractivity contribution in [3.8, 4) is 0 Å². The van der Waals surface area contributed by atoms with Crippen molar-refractivity contribution in [1.82, 2.24) is 10.0 Å². The van der Waals surface area contributed by atoms with Crippen molar-refractivity contribution in [2.45, 2.75) is 56.3 Å². The zero-order valence-corrected chi connectivity index (χ0v) is 13.8. The second-order valence-corrected chi connectivity index (χ2v) is 8.37. The van der Waals surface area contributed by atoms with Crippen LogP contribution in [0, 0.1) is 5.92 Å². The van der Waals surface area contributed by atoms with Gasteiger partial charge >= 0.3 is 0 Å². The number of thiophene rings is 1. The second kappa shape index (κ2) is 7.02. The molecule has 114 valence electrons. The van der Waals surface area contributed by atoms with Crippen LogP contribution in [0.3, 0.4) is 0 Å². The fourth-order valence-corrected chi connectivity index (χ4v) is 4.38. The van der Waals surface area contributed by atoms with E-state index in [0.29, 0.717) is 22.7 Å². The first-order valence-electron chi connectivity index (χ1n) is 7.35. The zero-order valence-electron chi connectivity index (χ0n) is 12.2. The lowest BCUT2D eigenvalue weighted by molar-refractivity contribution is 0.479. The smallest absolute Gasteiger partial charge is 0.250 e. The standard InChI is InChI=1S/C14H24N2O2S2/c1-3-11(4-2)9-16-20(17,18)14-7-12(10-19-14)8-15-13-5-6-13/h7,10-11,13,15-16H,3-6,8-9H2,1-2H3. The predicted octanol–water partition coefficient (Wildman–Crippen LogP) is 2.71. The Morgan fingerprint density at radius 1 is 1.35 bits per heavy atom. The van der Waals surface area contributed by atoms with Crippen molar-refractivity contribution >= 4 is 21.4 Å². The van der Waals surface area contributed by atoms with Gasteiger partial charge in [0.1, 0.15) is 4.21 Å². The van der Waals surface area contributed by atoms with Crippen molar-refractivity contribution in [2.24, 2.45) is 5.92 Å². The molecular formula is C14H24N2O2S2. The Morgan fingerprint density at radius 2 is 2.05 bits per heavy atom. The Hall–Kier alpha value is -0.430. The molecule has 2 rings (SSSR count). The van der Waals surface area contributed by atoms with Gasteiger partial charge in [-0.3, -0.25) is 0 Å². The molecule has 20 heavy (non-hydrogen) atoms. The summed E-state index contributed by atoms with van der Waals surface area (Å²) in [5.74, 6) is 0.417. The van der Waals surface area contributed by atoms with Gasteiger partial charge in [-0.05, 0) is 35.8 Å². The summed E-state index contributed by atoms with van der Waals surface area (Å²) in [5.41, 5.74) is 1.06. The maximum absolute atomic E-state index is 12.2. The molecule has 0 bridgehead atoms. The lowest BCUT2D eigenvalue weighted by Crippen LogP contribution is -2.28. The van der Waals surface area contributed by atoms with Crippen LogP contribution in [-0.2, 0) is 16.6 Å². The maximum atomic E-state index is 12.2. The molecule has 0 spiro atoms. The molecule has 0 amide bonds. The Morgan fingerprint density at radius 3 is 2.65 bits per heavy atom. The van der Waals surface area contributed by atoms with E-state index in [2.05, 4.69) is 23.9 Å². The van der Waals surface area contributed by atoms with Crippen molar-refractivity contribution in [2.75, 3.05) is 6.54 Å². The summed E-state index contributed by atoms with van der Waals surface area (Å²) < 4.78 is 27.6. The molecule has 1 aromatic heterocycles. The SMILES string of the molecule is CCC(CC)CNS(=O)(=O)c1cc(CNC2CC2)cs1. The molecular weight excluding hydrogens is 292 g/mol. The van der Waals surface area contributed by atoms with E-state index in [9.17, 15) is 8.42 Å². The zero-order chi connectivity index (χ0) is 14.6. The van der Waals surface area contributed by atoms with Crippen molar-refractivity contribution in [3.63, 3.8) is 0 Å². The Balaban J connectivity index is 1.90. The minimum atomic E-state index is -3.34. The van der Waals surface area contributed by atoms with E-state index in [0.717, 1.165) is 24.9 Å². The number of rotatable bonds is 9. The van der Waals surface area contributed by atoms with Crippen LogP contribution in [0.1, 0.15) is 45.1 Å². The van der Waals surface area contributed by atoms with Crippen LogP contribution in [0.2, 0.25) is 0 Å². The van der Waals surface area contributed by atoms with Crippen LogP contribution >= 0.6 is 11.3 Å². The Kier molecular flexibility index (Phi) is 5.60. The molecule has 6 heteroatoms. The number of nitrogens with one attached hydrogen (secondary N) is 2. The molecule has 2 N–H and O–H groups in total. The Labute approximate surface area is 126 Å². The van der Waals surface area contributed by atoms with Gasteiger partial charge < -0.3 is 5.32 Å². The summed E-state index contributed by atoms with van der Waals surface area (Å²) in [7, 11) is -3.34. The average Bonchev–Trinajstić information content (AvgIpc) is 3.13. The summed E-state index contributed by atoms with van der Waals surface area (Å²) in [6, 6.07) is 2.43. The minimum absolute atomic E-state index is 0.417. The molecule has 1 aliphatic rings. The molecule has 1 aromatic rings. The van der Waals surface area contributed by atoms with E-state index >= 15 is 0 Å². The van der Waals surface area contributed by atoms with E-state index in [4.69, 9.17) is 0 Å². The third-order valence-electron chi connectivity index (χ3n) is 3.78. The van der Waals surface area contributed by atoms with Crippen LogP contribution in [0.4, 0.5) is 0 Å². The van der Waals surface area contributed by atoms with Gasteiger partial charge in [-0.2, -0.15) is 0 Å². The number of hydrogen-bond donors (Lipinski definition) is 2. The van der Waals surface area contributed by atoms with E-state index in [1.165, 1.54) is 24.2 Å². The minimum Gasteiger partial charge on any atom is -0.310 e. The molecule has 1 heterocycles. The molecule has 0 aliphatic heterocycles. The average molecular weight is 316 g/mol.